The van der Waals surface area contributed by atoms with Crippen LogP contribution in [0.25, 0.3) is 16.6 Å². The first-order chi connectivity index (χ1) is 11.2. The van der Waals surface area contributed by atoms with Gasteiger partial charge in [0.1, 0.15) is 10.8 Å². The van der Waals surface area contributed by atoms with Crippen molar-refractivity contribution >= 4 is 23.3 Å². The lowest BCUT2D eigenvalue weighted by molar-refractivity contribution is -0.116. The second kappa shape index (κ2) is 7.48. The summed E-state index contributed by atoms with van der Waals surface area (Å²) in [5, 5.41) is 5.48. The van der Waals surface area contributed by atoms with Crippen LogP contribution >= 0.6 is 11.3 Å². The molecule has 1 unspecified atom stereocenters. The summed E-state index contributed by atoms with van der Waals surface area (Å²) in [6.45, 7) is 1.32. The van der Waals surface area contributed by atoms with E-state index in [0.717, 1.165) is 30.0 Å². The second-order valence-corrected chi connectivity index (χ2v) is 6.16. The van der Waals surface area contributed by atoms with Gasteiger partial charge in [-0.15, -0.1) is 11.3 Å². The van der Waals surface area contributed by atoms with E-state index in [-0.39, 0.29) is 17.8 Å². The molecule has 0 aliphatic carbocycles. The number of amides is 1. The Morgan fingerprint density at radius 1 is 1.43 bits per heavy atom. The summed E-state index contributed by atoms with van der Waals surface area (Å²) < 4.78 is 18.4. The number of benzene rings is 1. The lowest BCUT2D eigenvalue weighted by Gasteiger charge is -2.08. The highest BCUT2D eigenvalue weighted by molar-refractivity contribution is 7.13. The molecule has 120 valence electrons. The van der Waals surface area contributed by atoms with Gasteiger partial charge in [0.25, 0.3) is 0 Å². The molecule has 1 amide bonds. The monoisotopic (exact) mass is 332 g/mol. The number of thiazole rings is 1. The van der Waals surface area contributed by atoms with Crippen LogP contribution in [0, 0.1) is 5.82 Å². The Hall–Kier alpha value is -2.05. The number of carbonyl (C=O) groups excluding carboxylic acids is 1. The molecule has 0 spiro atoms. The van der Waals surface area contributed by atoms with Crippen LogP contribution in [0.3, 0.4) is 0 Å². The molecule has 0 saturated carbocycles. The van der Waals surface area contributed by atoms with E-state index in [1.54, 1.807) is 18.2 Å². The zero-order valence-corrected chi connectivity index (χ0v) is 13.3. The predicted molar refractivity (Wildman–Crippen MR) is 88.5 cm³/mol. The molecule has 1 N–H and O–H groups in total. The Morgan fingerprint density at radius 2 is 2.26 bits per heavy atom. The molecule has 3 rings (SSSR count). The quantitative estimate of drug-likeness (QED) is 0.855. The molecule has 1 aliphatic heterocycles. The summed E-state index contributed by atoms with van der Waals surface area (Å²) in [4.78, 5) is 16.2. The maximum atomic E-state index is 12.9. The first-order valence-electron chi connectivity index (χ1n) is 7.50. The van der Waals surface area contributed by atoms with Crippen LogP contribution in [0.15, 0.2) is 35.7 Å². The molecule has 1 saturated heterocycles. The second-order valence-electron chi connectivity index (χ2n) is 5.30. The third-order valence-corrected chi connectivity index (χ3v) is 4.46. The van der Waals surface area contributed by atoms with Gasteiger partial charge in [-0.2, -0.15) is 0 Å². The molecule has 2 aromatic rings. The average molecular weight is 332 g/mol. The van der Waals surface area contributed by atoms with Crippen LogP contribution in [0.1, 0.15) is 18.5 Å². The van der Waals surface area contributed by atoms with Gasteiger partial charge in [0.2, 0.25) is 5.91 Å². The van der Waals surface area contributed by atoms with Gasteiger partial charge in [-0.25, -0.2) is 9.37 Å². The number of aromatic nitrogens is 1. The lowest BCUT2D eigenvalue weighted by Crippen LogP contribution is -2.30. The summed E-state index contributed by atoms with van der Waals surface area (Å²) in [5.74, 6) is -0.426. The van der Waals surface area contributed by atoms with E-state index in [0.29, 0.717) is 12.2 Å². The summed E-state index contributed by atoms with van der Waals surface area (Å²) in [5.41, 5.74) is 1.57. The van der Waals surface area contributed by atoms with Crippen molar-refractivity contribution < 1.29 is 13.9 Å². The number of ether oxygens (including phenoxy) is 1. The van der Waals surface area contributed by atoms with E-state index in [1.165, 1.54) is 29.5 Å². The number of carbonyl (C=O) groups is 1. The van der Waals surface area contributed by atoms with Gasteiger partial charge in [-0.3, -0.25) is 4.79 Å². The van der Waals surface area contributed by atoms with Crippen LogP contribution in [0.2, 0.25) is 0 Å². The van der Waals surface area contributed by atoms with Crippen LogP contribution < -0.4 is 5.32 Å². The van der Waals surface area contributed by atoms with E-state index in [4.69, 9.17) is 4.74 Å². The van der Waals surface area contributed by atoms with Crippen molar-refractivity contribution in [1.29, 1.82) is 0 Å². The standard InChI is InChI=1S/C17H17FN2O2S/c18-13-5-3-12(4-6-13)17-20-14(11-23-17)7-8-16(21)19-10-15-2-1-9-22-15/h3-8,11,15H,1-2,9-10H2,(H,19,21)/b8-7+. The summed E-state index contributed by atoms with van der Waals surface area (Å²) in [6.07, 6.45) is 5.34. The topological polar surface area (TPSA) is 51.2 Å². The van der Waals surface area contributed by atoms with Gasteiger partial charge in [0.05, 0.1) is 11.8 Å². The Morgan fingerprint density at radius 3 is 3.00 bits per heavy atom. The van der Waals surface area contributed by atoms with Crippen molar-refractivity contribution in [3.8, 4) is 10.6 Å². The van der Waals surface area contributed by atoms with Crippen molar-refractivity contribution in [2.75, 3.05) is 13.2 Å². The largest absolute Gasteiger partial charge is 0.376 e. The van der Waals surface area contributed by atoms with Crippen molar-refractivity contribution in [3.05, 3.63) is 47.2 Å². The minimum absolute atomic E-state index is 0.136. The van der Waals surface area contributed by atoms with Gasteiger partial charge in [-0.1, -0.05) is 0 Å². The summed E-state index contributed by atoms with van der Waals surface area (Å²) in [6, 6.07) is 6.20. The van der Waals surface area contributed by atoms with Crippen LogP contribution in [-0.4, -0.2) is 30.1 Å². The molecular weight excluding hydrogens is 315 g/mol. The molecule has 2 heterocycles. The number of hydrogen-bond donors (Lipinski definition) is 1. The SMILES string of the molecule is O=C(/C=C/c1csc(-c2ccc(F)cc2)n1)NCC1CCCO1. The van der Waals surface area contributed by atoms with Crippen LogP contribution in [-0.2, 0) is 9.53 Å². The van der Waals surface area contributed by atoms with Gasteiger partial charge >= 0.3 is 0 Å². The third kappa shape index (κ3) is 4.46. The third-order valence-electron chi connectivity index (χ3n) is 3.55. The highest BCUT2D eigenvalue weighted by Gasteiger charge is 2.15. The van der Waals surface area contributed by atoms with Crippen molar-refractivity contribution in [2.45, 2.75) is 18.9 Å². The maximum Gasteiger partial charge on any atom is 0.244 e. The highest BCUT2D eigenvalue weighted by atomic mass is 32.1. The number of halogens is 1. The molecule has 1 aromatic heterocycles. The first kappa shape index (κ1) is 15.8. The molecule has 1 aliphatic rings. The molecule has 0 bridgehead atoms. The normalized spacial score (nSPS) is 17.7. The number of nitrogens with zero attached hydrogens (tertiary/aromatic N) is 1. The molecule has 23 heavy (non-hydrogen) atoms. The predicted octanol–water partition coefficient (Wildman–Crippen LogP) is 3.26. The minimum atomic E-state index is -0.270. The summed E-state index contributed by atoms with van der Waals surface area (Å²) in [7, 11) is 0. The lowest BCUT2D eigenvalue weighted by atomic mass is 10.2. The molecule has 6 heteroatoms. The van der Waals surface area contributed by atoms with E-state index in [1.807, 2.05) is 5.38 Å². The first-order valence-corrected chi connectivity index (χ1v) is 8.37. The molecule has 1 aromatic carbocycles. The molecule has 4 nitrogen and oxygen atoms in total. The van der Waals surface area contributed by atoms with Crippen molar-refractivity contribution in [3.63, 3.8) is 0 Å². The minimum Gasteiger partial charge on any atom is -0.376 e. The van der Waals surface area contributed by atoms with Crippen LogP contribution in [0.5, 0.6) is 0 Å². The Kier molecular flexibility index (Phi) is 5.15. The van der Waals surface area contributed by atoms with Gasteiger partial charge in [0.15, 0.2) is 0 Å². The van der Waals surface area contributed by atoms with Gasteiger partial charge in [-0.05, 0) is 43.2 Å². The van der Waals surface area contributed by atoms with E-state index in [9.17, 15) is 9.18 Å². The van der Waals surface area contributed by atoms with Crippen LogP contribution in [0.4, 0.5) is 4.39 Å². The fourth-order valence-corrected chi connectivity index (χ4v) is 3.12. The fraction of sp³-hybridized carbons (Fsp3) is 0.294. The van der Waals surface area contributed by atoms with Gasteiger partial charge < -0.3 is 10.1 Å². The zero-order valence-electron chi connectivity index (χ0n) is 12.5. The Balaban J connectivity index is 1.55. The zero-order chi connectivity index (χ0) is 16.1. The molecule has 0 radical (unpaired) electrons. The smallest absolute Gasteiger partial charge is 0.244 e. The Bertz CT molecular complexity index is 691. The maximum absolute atomic E-state index is 12.9. The summed E-state index contributed by atoms with van der Waals surface area (Å²) >= 11 is 1.46. The number of rotatable bonds is 5. The molecule has 1 fully saturated rings. The van der Waals surface area contributed by atoms with Gasteiger partial charge in [0, 0.05) is 30.2 Å². The number of nitrogens with one attached hydrogen (secondary N) is 1. The highest BCUT2D eigenvalue weighted by Crippen LogP contribution is 2.24. The van der Waals surface area contributed by atoms with E-state index >= 15 is 0 Å². The molecular formula is C17H17FN2O2S. The van der Waals surface area contributed by atoms with E-state index < -0.39 is 0 Å². The van der Waals surface area contributed by atoms with Crippen molar-refractivity contribution in [1.82, 2.24) is 10.3 Å². The molecule has 1 atom stereocenters. The fourth-order valence-electron chi connectivity index (χ4n) is 2.33. The Labute approximate surface area is 138 Å². The average Bonchev–Trinajstić information content (AvgIpc) is 3.23. The number of hydrogen-bond acceptors (Lipinski definition) is 4. The van der Waals surface area contributed by atoms with Crippen molar-refractivity contribution in [2.24, 2.45) is 0 Å². The van der Waals surface area contributed by atoms with E-state index in [2.05, 4.69) is 10.3 Å².